The molecule has 116 valence electrons. The van der Waals surface area contributed by atoms with Gasteiger partial charge in [-0.2, -0.15) is 5.10 Å². The van der Waals surface area contributed by atoms with Crippen molar-refractivity contribution in [2.24, 2.45) is 7.05 Å². The normalized spacial score (nSPS) is 13.8. The largest absolute Gasteiger partial charge is 0.268 e. The van der Waals surface area contributed by atoms with Gasteiger partial charge in [0, 0.05) is 12.4 Å². The minimum Gasteiger partial charge on any atom is -0.268 e. The van der Waals surface area contributed by atoms with E-state index in [1.165, 1.54) is 0 Å². The molecule has 0 radical (unpaired) electrons. The van der Waals surface area contributed by atoms with Crippen LogP contribution in [0.5, 0.6) is 0 Å². The topological polar surface area (TPSA) is 64.0 Å². The molecule has 0 unspecified atom stereocenters. The SMILES string of the molecule is Cn1ncc2cc(S(=O)(=O)N[Si](C)(C)C(C)(C)C)ccc21. The number of benzene rings is 1. The van der Waals surface area contributed by atoms with E-state index in [0.717, 1.165) is 10.9 Å². The van der Waals surface area contributed by atoms with Crippen molar-refractivity contribution in [2.75, 3.05) is 0 Å². The fraction of sp³-hybridized carbons (Fsp3) is 0.500. The molecule has 0 aliphatic rings. The van der Waals surface area contributed by atoms with E-state index in [2.05, 4.69) is 30.3 Å². The number of aryl methyl sites for hydroxylation is 1. The minimum atomic E-state index is -3.51. The number of hydrogen-bond acceptors (Lipinski definition) is 3. The van der Waals surface area contributed by atoms with Crippen LogP contribution in [0.25, 0.3) is 10.9 Å². The molecular formula is C14H23N3O2SSi. The van der Waals surface area contributed by atoms with Crippen LogP contribution in [0.15, 0.2) is 29.3 Å². The molecule has 0 spiro atoms. The molecular weight excluding hydrogens is 302 g/mol. The zero-order valence-corrected chi connectivity index (χ0v) is 15.2. The van der Waals surface area contributed by atoms with Crippen LogP contribution in [0.1, 0.15) is 20.8 Å². The number of rotatable bonds is 3. The van der Waals surface area contributed by atoms with Gasteiger partial charge in [-0.1, -0.05) is 33.9 Å². The van der Waals surface area contributed by atoms with Gasteiger partial charge < -0.3 is 0 Å². The summed E-state index contributed by atoms with van der Waals surface area (Å²) >= 11 is 0. The second-order valence-corrected chi connectivity index (χ2v) is 14.0. The molecule has 7 heteroatoms. The highest BCUT2D eigenvalue weighted by Gasteiger charge is 2.39. The van der Waals surface area contributed by atoms with Crippen LogP contribution >= 0.6 is 0 Å². The van der Waals surface area contributed by atoms with Gasteiger partial charge in [0.1, 0.15) is 8.24 Å². The fourth-order valence-electron chi connectivity index (χ4n) is 1.86. The highest BCUT2D eigenvalue weighted by molar-refractivity contribution is 7.91. The highest BCUT2D eigenvalue weighted by atomic mass is 32.2. The molecule has 1 N–H and O–H groups in total. The Morgan fingerprint density at radius 2 is 1.86 bits per heavy atom. The van der Waals surface area contributed by atoms with Crippen LogP contribution in [0.4, 0.5) is 0 Å². The first kappa shape index (κ1) is 16.2. The number of nitrogens with zero attached hydrogens (tertiary/aromatic N) is 2. The molecule has 0 saturated carbocycles. The summed E-state index contributed by atoms with van der Waals surface area (Å²) in [5, 5.41) is 4.92. The van der Waals surface area contributed by atoms with E-state index in [9.17, 15) is 8.42 Å². The summed E-state index contributed by atoms with van der Waals surface area (Å²) in [5.41, 5.74) is 0.918. The van der Waals surface area contributed by atoms with Crippen LogP contribution in [-0.4, -0.2) is 26.4 Å². The average Bonchev–Trinajstić information content (AvgIpc) is 2.68. The van der Waals surface area contributed by atoms with Gasteiger partial charge in [-0.05, 0) is 23.2 Å². The number of fused-ring (bicyclic) bond motifs is 1. The third-order valence-corrected chi connectivity index (χ3v) is 12.0. The van der Waals surface area contributed by atoms with E-state index in [1.54, 1.807) is 29.1 Å². The van der Waals surface area contributed by atoms with E-state index < -0.39 is 18.3 Å². The molecule has 0 fully saturated rings. The summed E-state index contributed by atoms with van der Waals surface area (Å²) in [4.78, 5) is 0.299. The zero-order chi connectivity index (χ0) is 16.1. The van der Waals surface area contributed by atoms with Crippen LogP contribution < -0.4 is 4.39 Å². The Labute approximate surface area is 127 Å². The lowest BCUT2D eigenvalue weighted by atomic mass is 10.2. The second kappa shape index (κ2) is 4.93. The van der Waals surface area contributed by atoms with E-state index in [4.69, 9.17) is 0 Å². The van der Waals surface area contributed by atoms with Crippen molar-refractivity contribution >= 4 is 29.2 Å². The molecule has 21 heavy (non-hydrogen) atoms. The van der Waals surface area contributed by atoms with Gasteiger partial charge in [-0.25, -0.2) is 12.8 Å². The molecule has 2 rings (SSSR count). The molecule has 1 heterocycles. The van der Waals surface area contributed by atoms with Crippen LogP contribution in [0.2, 0.25) is 18.1 Å². The molecule has 0 aliphatic carbocycles. The summed E-state index contributed by atoms with van der Waals surface area (Å²) < 4.78 is 30.0. The van der Waals surface area contributed by atoms with E-state index in [1.807, 2.05) is 20.1 Å². The molecule has 0 aliphatic heterocycles. The first-order chi connectivity index (χ1) is 9.44. The van der Waals surface area contributed by atoms with Crippen molar-refractivity contribution in [3.05, 3.63) is 24.4 Å². The highest BCUT2D eigenvalue weighted by Crippen LogP contribution is 2.35. The van der Waals surface area contributed by atoms with Gasteiger partial charge in [0.15, 0.2) is 0 Å². The Morgan fingerprint density at radius 3 is 2.43 bits per heavy atom. The van der Waals surface area contributed by atoms with Crippen molar-refractivity contribution in [1.82, 2.24) is 14.2 Å². The fourth-order valence-corrected chi connectivity index (χ4v) is 6.77. The maximum Gasteiger partial charge on any atom is 0.234 e. The first-order valence-electron chi connectivity index (χ1n) is 6.90. The molecule has 1 aromatic heterocycles. The third-order valence-electron chi connectivity index (χ3n) is 4.29. The maximum atomic E-state index is 12.6. The number of hydrogen-bond donors (Lipinski definition) is 1. The molecule has 0 atom stereocenters. The van der Waals surface area contributed by atoms with Crippen molar-refractivity contribution in [2.45, 2.75) is 43.8 Å². The molecule has 0 saturated heterocycles. The third kappa shape index (κ3) is 3.04. The summed E-state index contributed by atoms with van der Waals surface area (Å²) in [7, 11) is -3.82. The van der Waals surface area contributed by atoms with Crippen molar-refractivity contribution in [3.8, 4) is 0 Å². The first-order valence-corrected chi connectivity index (χ1v) is 11.4. The Balaban J connectivity index is 2.42. The molecule has 0 amide bonds. The molecule has 1 aromatic carbocycles. The standard InChI is InChI=1S/C14H23N3O2SSi/c1-14(2,3)21(5,6)16-20(18,19)12-7-8-13-11(9-12)10-15-17(13)4/h7-10,16H,1-6H3. The lowest BCUT2D eigenvalue weighted by Crippen LogP contribution is -2.54. The summed E-state index contributed by atoms with van der Waals surface area (Å²) in [6, 6.07) is 5.11. The minimum absolute atomic E-state index is 0.0571. The van der Waals surface area contributed by atoms with Crippen LogP contribution in [-0.2, 0) is 17.1 Å². The second-order valence-electron chi connectivity index (χ2n) is 6.97. The Bertz CT molecular complexity index is 773. The molecule has 5 nitrogen and oxygen atoms in total. The van der Waals surface area contributed by atoms with Gasteiger partial charge in [0.05, 0.1) is 16.6 Å². The lowest BCUT2D eigenvalue weighted by Gasteiger charge is -2.36. The maximum absolute atomic E-state index is 12.6. The number of nitrogens with one attached hydrogen (secondary N) is 1. The Hall–Kier alpha value is -1.18. The van der Waals surface area contributed by atoms with Crippen LogP contribution in [0, 0.1) is 0 Å². The quantitative estimate of drug-likeness (QED) is 0.883. The zero-order valence-electron chi connectivity index (χ0n) is 13.4. The van der Waals surface area contributed by atoms with Gasteiger partial charge in [-0.3, -0.25) is 4.68 Å². The smallest absolute Gasteiger partial charge is 0.234 e. The lowest BCUT2D eigenvalue weighted by molar-refractivity contribution is 0.589. The average molecular weight is 326 g/mol. The predicted octanol–water partition coefficient (Wildman–Crippen LogP) is 2.86. The van der Waals surface area contributed by atoms with Crippen LogP contribution in [0.3, 0.4) is 0 Å². The van der Waals surface area contributed by atoms with Gasteiger partial charge >= 0.3 is 0 Å². The monoisotopic (exact) mass is 325 g/mol. The van der Waals surface area contributed by atoms with Crippen molar-refractivity contribution in [1.29, 1.82) is 0 Å². The summed E-state index contributed by atoms with van der Waals surface area (Å²) in [5.74, 6) is 0. The van der Waals surface area contributed by atoms with Gasteiger partial charge in [0.2, 0.25) is 10.0 Å². The van der Waals surface area contributed by atoms with Crippen molar-refractivity contribution in [3.63, 3.8) is 0 Å². The number of aromatic nitrogens is 2. The van der Waals surface area contributed by atoms with Crippen molar-refractivity contribution < 1.29 is 8.42 Å². The van der Waals surface area contributed by atoms with Gasteiger partial charge in [0.25, 0.3) is 0 Å². The Morgan fingerprint density at radius 1 is 1.24 bits per heavy atom. The van der Waals surface area contributed by atoms with Gasteiger partial charge in [-0.15, -0.1) is 0 Å². The Kier molecular flexibility index (Phi) is 3.80. The predicted molar refractivity (Wildman–Crippen MR) is 88.2 cm³/mol. The molecule has 2 aromatic rings. The summed E-state index contributed by atoms with van der Waals surface area (Å²) in [6.45, 7) is 10.3. The summed E-state index contributed by atoms with van der Waals surface area (Å²) in [6.07, 6.45) is 1.68. The number of sulfonamides is 1. The van der Waals surface area contributed by atoms with E-state index >= 15 is 0 Å². The van der Waals surface area contributed by atoms with E-state index in [0.29, 0.717) is 4.90 Å². The molecule has 0 bridgehead atoms. The van der Waals surface area contributed by atoms with E-state index in [-0.39, 0.29) is 5.04 Å².